The summed E-state index contributed by atoms with van der Waals surface area (Å²) >= 11 is 0. The van der Waals surface area contributed by atoms with Gasteiger partial charge in [0.1, 0.15) is 11.6 Å². The van der Waals surface area contributed by atoms with Crippen LogP contribution in [-0.4, -0.2) is 48.0 Å². The summed E-state index contributed by atoms with van der Waals surface area (Å²) in [4.78, 5) is 16.4. The maximum Gasteiger partial charge on any atom is 0.263 e. The number of benzene rings is 1. The first-order valence-electron chi connectivity index (χ1n) is 8.18. The lowest BCUT2D eigenvalue weighted by Gasteiger charge is -2.35. The van der Waals surface area contributed by atoms with Gasteiger partial charge in [-0.1, -0.05) is 0 Å². The van der Waals surface area contributed by atoms with E-state index in [-0.39, 0.29) is 11.7 Å². The van der Waals surface area contributed by atoms with Crippen molar-refractivity contribution in [1.29, 1.82) is 0 Å². The summed E-state index contributed by atoms with van der Waals surface area (Å²) in [6.45, 7) is 4.87. The minimum Gasteiger partial charge on any atom is -0.478 e. The number of ether oxygens (including phenoxy) is 1. The summed E-state index contributed by atoms with van der Waals surface area (Å²) < 4.78 is 37.3. The van der Waals surface area contributed by atoms with E-state index in [4.69, 9.17) is 9.15 Å². The van der Waals surface area contributed by atoms with Crippen LogP contribution in [0.15, 0.2) is 41.0 Å². The Morgan fingerprint density at radius 2 is 2.00 bits per heavy atom. The molecule has 5 nitrogen and oxygen atoms in total. The highest BCUT2D eigenvalue weighted by atomic mass is 19.1. The number of hydrogen-bond donors (Lipinski definition) is 0. The van der Waals surface area contributed by atoms with Gasteiger partial charge >= 0.3 is 0 Å². The van der Waals surface area contributed by atoms with Gasteiger partial charge in [0, 0.05) is 32.2 Å². The number of furan rings is 1. The minimum absolute atomic E-state index is 0.126. The molecule has 1 aliphatic rings. The highest BCUT2D eigenvalue weighted by molar-refractivity contribution is 5.81. The lowest BCUT2D eigenvalue weighted by molar-refractivity contribution is -0.139. The fraction of sp³-hybridized carbons (Fsp3) is 0.389. The molecule has 0 N–H and O–H groups in total. The molecular formula is C18H20F2N2O3. The van der Waals surface area contributed by atoms with Crippen molar-refractivity contribution in [3.8, 4) is 5.75 Å². The number of piperazine rings is 1. The van der Waals surface area contributed by atoms with E-state index in [2.05, 4.69) is 4.90 Å². The summed E-state index contributed by atoms with van der Waals surface area (Å²) in [7, 11) is 0. The second kappa shape index (κ2) is 7.65. The van der Waals surface area contributed by atoms with Gasteiger partial charge < -0.3 is 14.1 Å². The van der Waals surface area contributed by atoms with Gasteiger partial charge in [-0.05, 0) is 31.2 Å². The normalized spacial score (nSPS) is 16.7. The Labute approximate surface area is 144 Å². The average Bonchev–Trinajstić information content (AvgIpc) is 3.10. The minimum atomic E-state index is -0.836. The molecule has 1 aliphatic heterocycles. The number of halogens is 2. The van der Waals surface area contributed by atoms with Gasteiger partial charge in [0.15, 0.2) is 17.7 Å². The Morgan fingerprint density at radius 3 is 2.64 bits per heavy atom. The predicted molar refractivity (Wildman–Crippen MR) is 87.0 cm³/mol. The predicted octanol–water partition coefficient (Wildman–Crippen LogP) is 2.67. The van der Waals surface area contributed by atoms with E-state index in [1.807, 2.05) is 12.1 Å². The third-order valence-electron chi connectivity index (χ3n) is 4.19. The van der Waals surface area contributed by atoms with Crippen molar-refractivity contribution in [3.63, 3.8) is 0 Å². The van der Waals surface area contributed by atoms with Crippen LogP contribution in [0.25, 0.3) is 0 Å². The molecule has 134 valence electrons. The largest absolute Gasteiger partial charge is 0.478 e. The molecule has 3 rings (SSSR count). The van der Waals surface area contributed by atoms with Crippen molar-refractivity contribution in [2.24, 2.45) is 0 Å². The van der Waals surface area contributed by atoms with E-state index in [1.54, 1.807) is 18.1 Å². The summed E-state index contributed by atoms with van der Waals surface area (Å²) in [5, 5.41) is 0. The molecule has 0 aliphatic carbocycles. The SMILES string of the molecule is C[C@H](Oc1ccc(F)cc1F)C(=O)N1CCN(Cc2ccco2)CC1. The van der Waals surface area contributed by atoms with Gasteiger partial charge in [-0.3, -0.25) is 9.69 Å². The Morgan fingerprint density at radius 1 is 1.24 bits per heavy atom. The van der Waals surface area contributed by atoms with Gasteiger partial charge in [0.2, 0.25) is 0 Å². The van der Waals surface area contributed by atoms with E-state index in [0.29, 0.717) is 19.6 Å². The van der Waals surface area contributed by atoms with E-state index in [1.165, 1.54) is 6.07 Å². The molecular weight excluding hydrogens is 330 g/mol. The molecule has 0 bridgehead atoms. The Bertz CT molecular complexity index is 713. The maximum atomic E-state index is 13.6. The molecule has 0 saturated carbocycles. The summed E-state index contributed by atoms with van der Waals surface area (Å²) in [5.74, 6) is -0.942. The van der Waals surface area contributed by atoms with E-state index in [0.717, 1.165) is 31.0 Å². The second-order valence-corrected chi connectivity index (χ2v) is 6.02. The molecule has 25 heavy (non-hydrogen) atoms. The summed E-state index contributed by atoms with van der Waals surface area (Å²) in [6, 6.07) is 6.80. The van der Waals surface area contributed by atoms with Crippen molar-refractivity contribution in [2.45, 2.75) is 19.6 Å². The standard InChI is InChI=1S/C18H20F2N2O3/c1-13(25-17-5-4-14(19)11-16(17)20)18(23)22-8-6-21(7-9-22)12-15-3-2-10-24-15/h2-5,10-11,13H,6-9,12H2,1H3/t13-/m0/s1. The van der Waals surface area contributed by atoms with Gasteiger partial charge in [0.05, 0.1) is 12.8 Å². The number of amides is 1. The zero-order valence-electron chi connectivity index (χ0n) is 14.0. The van der Waals surface area contributed by atoms with Crippen LogP contribution in [0.2, 0.25) is 0 Å². The first-order chi connectivity index (χ1) is 12.0. The van der Waals surface area contributed by atoms with Gasteiger partial charge in [-0.25, -0.2) is 8.78 Å². The average molecular weight is 350 g/mol. The van der Waals surface area contributed by atoms with Crippen LogP contribution in [0.3, 0.4) is 0 Å². The van der Waals surface area contributed by atoms with Crippen LogP contribution in [-0.2, 0) is 11.3 Å². The van der Waals surface area contributed by atoms with Crippen LogP contribution < -0.4 is 4.74 Å². The Hall–Kier alpha value is -2.41. The van der Waals surface area contributed by atoms with Crippen LogP contribution in [0, 0.1) is 11.6 Å². The fourth-order valence-corrected chi connectivity index (χ4v) is 2.82. The van der Waals surface area contributed by atoms with Crippen LogP contribution in [0.5, 0.6) is 5.75 Å². The van der Waals surface area contributed by atoms with Gasteiger partial charge in [-0.15, -0.1) is 0 Å². The third kappa shape index (κ3) is 4.36. The molecule has 7 heteroatoms. The maximum absolute atomic E-state index is 13.6. The number of carbonyl (C=O) groups excluding carboxylic acids is 1. The molecule has 1 aromatic heterocycles. The van der Waals surface area contributed by atoms with Crippen molar-refractivity contribution in [3.05, 3.63) is 54.0 Å². The molecule has 1 atom stereocenters. The smallest absolute Gasteiger partial charge is 0.263 e. The highest BCUT2D eigenvalue weighted by Gasteiger charge is 2.26. The lowest BCUT2D eigenvalue weighted by atomic mass is 10.2. The first kappa shape index (κ1) is 17.4. The summed E-state index contributed by atoms with van der Waals surface area (Å²) in [5.41, 5.74) is 0. The Balaban J connectivity index is 1.51. The topological polar surface area (TPSA) is 45.9 Å². The highest BCUT2D eigenvalue weighted by Crippen LogP contribution is 2.20. The number of hydrogen-bond acceptors (Lipinski definition) is 4. The molecule has 0 spiro atoms. The molecule has 1 aromatic carbocycles. The number of rotatable bonds is 5. The van der Waals surface area contributed by atoms with Crippen molar-refractivity contribution >= 4 is 5.91 Å². The molecule has 1 fully saturated rings. The lowest BCUT2D eigenvalue weighted by Crippen LogP contribution is -2.51. The second-order valence-electron chi connectivity index (χ2n) is 6.02. The fourth-order valence-electron chi connectivity index (χ4n) is 2.82. The van der Waals surface area contributed by atoms with Gasteiger partial charge in [-0.2, -0.15) is 0 Å². The molecule has 1 saturated heterocycles. The van der Waals surface area contributed by atoms with E-state index >= 15 is 0 Å². The first-order valence-corrected chi connectivity index (χ1v) is 8.18. The van der Waals surface area contributed by atoms with Crippen molar-refractivity contribution in [2.75, 3.05) is 26.2 Å². The van der Waals surface area contributed by atoms with Gasteiger partial charge in [0.25, 0.3) is 5.91 Å². The Kier molecular flexibility index (Phi) is 5.33. The molecule has 2 aromatic rings. The summed E-state index contributed by atoms with van der Waals surface area (Å²) in [6.07, 6.45) is 0.805. The van der Waals surface area contributed by atoms with Crippen LogP contribution in [0.1, 0.15) is 12.7 Å². The molecule has 0 unspecified atom stereocenters. The molecule has 2 heterocycles. The van der Waals surface area contributed by atoms with E-state index in [9.17, 15) is 13.6 Å². The number of nitrogens with zero attached hydrogens (tertiary/aromatic N) is 2. The zero-order valence-corrected chi connectivity index (χ0v) is 14.0. The van der Waals surface area contributed by atoms with Crippen molar-refractivity contribution < 1.29 is 22.7 Å². The monoisotopic (exact) mass is 350 g/mol. The van der Waals surface area contributed by atoms with Crippen molar-refractivity contribution in [1.82, 2.24) is 9.80 Å². The molecule has 0 radical (unpaired) electrons. The van der Waals surface area contributed by atoms with Crippen LogP contribution in [0.4, 0.5) is 8.78 Å². The quantitative estimate of drug-likeness (QED) is 0.832. The van der Waals surface area contributed by atoms with E-state index < -0.39 is 17.7 Å². The molecule has 1 amide bonds. The number of carbonyl (C=O) groups is 1. The zero-order chi connectivity index (χ0) is 17.8. The van der Waals surface area contributed by atoms with Crippen LogP contribution >= 0.6 is 0 Å². The third-order valence-corrected chi connectivity index (χ3v) is 4.19.